The van der Waals surface area contributed by atoms with E-state index in [2.05, 4.69) is 16.0 Å². The van der Waals surface area contributed by atoms with E-state index in [1.54, 1.807) is 32.5 Å². The highest BCUT2D eigenvalue weighted by Gasteiger charge is 2.11. The van der Waals surface area contributed by atoms with Crippen LogP contribution in [0.5, 0.6) is 0 Å². The molecule has 0 aliphatic rings. The predicted molar refractivity (Wildman–Crippen MR) is 69.5 cm³/mol. The summed E-state index contributed by atoms with van der Waals surface area (Å²) in [7, 11) is 3.35. The Labute approximate surface area is 108 Å². The first-order valence-electron chi connectivity index (χ1n) is 5.91. The third-order valence-corrected chi connectivity index (χ3v) is 2.55. The third kappa shape index (κ3) is 4.32. The number of methoxy groups -OCH3 is 2. The molecule has 1 aromatic heterocycles. The number of aromatic nitrogens is 1. The quantitative estimate of drug-likeness (QED) is 0.652. The van der Waals surface area contributed by atoms with Crippen molar-refractivity contribution in [3.05, 3.63) is 23.9 Å². The van der Waals surface area contributed by atoms with Gasteiger partial charge in [-0.05, 0) is 18.6 Å². The highest BCUT2D eigenvalue weighted by Crippen LogP contribution is 2.16. The summed E-state index contributed by atoms with van der Waals surface area (Å²) in [5.74, 6) is 0.716. The average Bonchev–Trinajstić information content (AvgIpc) is 2.42. The first-order chi connectivity index (χ1) is 8.83. The van der Waals surface area contributed by atoms with Crippen LogP contribution in [0.4, 0.5) is 5.82 Å². The number of pyridine rings is 1. The van der Waals surface area contributed by atoms with Crippen LogP contribution in [-0.4, -0.2) is 45.5 Å². The lowest BCUT2D eigenvalue weighted by molar-refractivity contribution is 0.191. The van der Waals surface area contributed by atoms with E-state index in [-0.39, 0.29) is 0 Å². The van der Waals surface area contributed by atoms with Crippen molar-refractivity contribution in [2.75, 3.05) is 45.4 Å². The van der Waals surface area contributed by atoms with Crippen LogP contribution in [0.2, 0.25) is 0 Å². The van der Waals surface area contributed by atoms with Crippen LogP contribution in [-0.2, 0) is 9.47 Å². The van der Waals surface area contributed by atoms with Gasteiger partial charge in [-0.2, -0.15) is 5.26 Å². The third-order valence-electron chi connectivity index (χ3n) is 2.55. The number of hydrogen-bond acceptors (Lipinski definition) is 5. The summed E-state index contributed by atoms with van der Waals surface area (Å²) in [6, 6.07) is 5.71. The van der Waals surface area contributed by atoms with Gasteiger partial charge in [0.15, 0.2) is 0 Å². The van der Waals surface area contributed by atoms with Crippen LogP contribution in [0, 0.1) is 11.3 Å². The summed E-state index contributed by atoms with van der Waals surface area (Å²) in [5, 5.41) is 9.09. The fourth-order valence-electron chi connectivity index (χ4n) is 1.66. The van der Waals surface area contributed by atoms with Gasteiger partial charge in [0.25, 0.3) is 0 Å². The molecule has 1 heterocycles. The maximum Gasteiger partial charge on any atom is 0.146 e. The molecule has 0 aliphatic heterocycles. The second-order valence-electron chi connectivity index (χ2n) is 3.81. The number of anilines is 1. The molecule has 0 radical (unpaired) electrons. The number of nitriles is 1. The molecule has 0 spiro atoms. The van der Waals surface area contributed by atoms with E-state index in [1.807, 2.05) is 0 Å². The van der Waals surface area contributed by atoms with Crippen LogP contribution >= 0.6 is 0 Å². The summed E-state index contributed by atoms with van der Waals surface area (Å²) in [6.45, 7) is 2.81. The Kier molecular flexibility index (Phi) is 6.77. The van der Waals surface area contributed by atoms with Crippen LogP contribution in [0.3, 0.4) is 0 Å². The molecule has 0 atom stereocenters. The van der Waals surface area contributed by atoms with Crippen LogP contribution in [0.1, 0.15) is 12.0 Å². The van der Waals surface area contributed by atoms with Crippen molar-refractivity contribution in [2.24, 2.45) is 0 Å². The Morgan fingerprint density at radius 3 is 2.72 bits per heavy atom. The normalized spacial score (nSPS) is 10.1. The van der Waals surface area contributed by atoms with Crippen molar-refractivity contribution in [3.63, 3.8) is 0 Å². The Bertz CT molecular complexity index is 390. The topological polar surface area (TPSA) is 58.4 Å². The smallest absolute Gasteiger partial charge is 0.146 e. The van der Waals surface area contributed by atoms with Gasteiger partial charge in [0.2, 0.25) is 0 Å². The molecule has 0 N–H and O–H groups in total. The van der Waals surface area contributed by atoms with Crippen molar-refractivity contribution >= 4 is 5.82 Å². The lowest BCUT2D eigenvalue weighted by Crippen LogP contribution is -2.30. The van der Waals surface area contributed by atoms with E-state index in [0.29, 0.717) is 31.1 Å². The Morgan fingerprint density at radius 2 is 2.06 bits per heavy atom. The molecule has 98 valence electrons. The summed E-state index contributed by atoms with van der Waals surface area (Å²) < 4.78 is 10.1. The van der Waals surface area contributed by atoms with Crippen molar-refractivity contribution < 1.29 is 9.47 Å². The van der Waals surface area contributed by atoms with Crippen molar-refractivity contribution in [1.29, 1.82) is 5.26 Å². The molecule has 0 aromatic carbocycles. The summed E-state index contributed by atoms with van der Waals surface area (Å²) in [6.07, 6.45) is 2.59. The summed E-state index contributed by atoms with van der Waals surface area (Å²) in [4.78, 5) is 6.35. The van der Waals surface area contributed by atoms with Gasteiger partial charge >= 0.3 is 0 Å². The first kappa shape index (κ1) is 14.4. The van der Waals surface area contributed by atoms with Gasteiger partial charge in [-0.3, -0.25) is 0 Å². The van der Waals surface area contributed by atoms with E-state index in [0.717, 1.165) is 13.0 Å². The maximum absolute atomic E-state index is 9.09. The molecular formula is C13H19N3O2. The van der Waals surface area contributed by atoms with Gasteiger partial charge in [0, 0.05) is 40.1 Å². The Hall–Kier alpha value is -1.64. The van der Waals surface area contributed by atoms with Gasteiger partial charge in [0.05, 0.1) is 12.2 Å². The van der Waals surface area contributed by atoms with Crippen LogP contribution < -0.4 is 4.90 Å². The molecule has 0 aliphatic carbocycles. The molecule has 18 heavy (non-hydrogen) atoms. The SMILES string of the molecule is COCCCN(CCOC)c1ncccc1C#N. The largest absolute Gasteiger partial charge is 0.385 e. The molecule has 1 rings (SSSR count). The van der Waals surface area contributed by atoms with E-state index >= 15 is 0 Å². The number of rotatable bonds is 8. The number of nitrogens with zero attached hydrogens (tertiary/aromatic N) is 3. The number of hydrogen-bond donors (Lipinski definition) is 0. The predicted octanol–water partition coefficient (Wildman–Crippen LogP) is 1.44. The Balaban J connectivity index is 2.77. The number of ether oxygens (including phenoxy) is 2. The van der Waals surface area contributed by atoms with E-state index in [4.69, 9.17) is 14.7 Å². The fourth-order valence-corrected chi connectivity index (χ4v) is 1.66. The lowest BCUT2D eigenvalue weighted by Gasteiger charge is -2.24. The van der Waals surface area contributed by atoms with Gasteiger partial charge < -0.3 is 14.4 Å². The summed E-state index contributed by atoms with van der Waals surface area (Å²) in [5.41, 5.74) is 0.589. The molecule has 0 amide bonds. The molecule has 0 saturated carbocycles. The lowest BCUT2D eigenvalue weighted by atomic mass is 10.2. The standard InChI is InChI=1S/C13H19N3O2/c1-17-9-4-7-16(8-10-18-2)13-12(11-14)5-3-6-15-13/h3,5-6H,4,7-10H2,1-2H3. The molecule has 0 bridgehead atoms. The maximum atomic E-state index is 9.09. The van der Waals surface area contributed by atoms with Gasteiger partial charge in [-0.25, -0.2) is 4.98 Å². The Morgan fingerprint density at radius 1 is 1.28 bits per heavy atom. The van der Waals surface area contributed by atoms with Crippen molar-refractivity contribution in [3.8, 4) is 6.07 Å². The van der Waals surface area contributed by atoms with Crippen molar-refractivity contribution in [2.45, 2.75) is 6.42 Å². The van der Waals surface area contributed by atoms with Gasteiger partial charge in [0.1, 0.15) is 11.9 Å². The van der Waals surface area contributed by atoms with Gasteiger partial charge in [-0.15, -0.1) is 0 Å². The van der Waals surface area contributed by atoms with E-state index < -0.39 is 0 Å². The molecule has 5 heteroatoms. The molecule has 0 saturated heterocycles. The molecule has 5 nitrogen and oxygen atoms in total. The minimum Gasteiger partial charge on any atom is -0.385 e. The van der Waals surface area contributed by atoms with Gasteiger partial charge in [-0.1, -0.05) is 0 Å². The fraction of sp³-hybridized carbons (Fsp3) is 0.538. The molecule has 0 fully saturated rings. The van der Waals surface area contributed by atoms with E-state index in [1.165, 1.54) is 0 Å². The van der Waals surface area contributed by atoms with Crippen molar-refractivity contribution in [1.82, 2.24) is 4.98 Å². The second-order valence-corrected chi connectivity index (χ2v) is 3.81. The minimum atomic E-state index is 0.589. The average molecular weight is 249 g/mol. The zero-order chi connectivity index (χ0) is 13.2. The molecule has 0 unspecified atom stereocenters. The van der Waals surface area contributed by atoms with E-state index in [9.17, 15) is 0 Å². The zero-order valence-corrected chi connectivity index (χ0v) is 10.9. The van der Waals surface area contributed by atoms with Crippen LogP contribution in [0.25, 0.3) is 0 Å². The molecular weight excluding hydrogens is 230 g/mol. The van der Waals surface area contributed by atoms with Crippen LogP contribution in [0.15, 0.2) is 18.3 Å². The minimum absolute atomic E-state index is 0.589. The highest BCUT2D eigenvalue weighted by molar-refractivity contribution is 5.53. The summed E-state index contributed by atoms with van der Waals surface area (Å²) >= 11 is 0. The highest BCUT2D eigenvalue weighted by atomic mass is 16.5. The second kappa shape index (κ2) is 8.45. The first-order valence-corrected chi connectivity index (χ1v) is 5.91. The zero-order valence-electron chi connectivity index (χ0n) is 10.9. The monoisotopic (exact) mass is 249 g/mol. The molecule has 1 aromatic rings.